The van der Waals surface area contributed by atoms with Gasteiger partial charge in [-0.1, -0.05) is 0 Å². The maximum atomic E-state index is 11.2. The van der Waals surface area contributed by atoms with Gasteiger partial charge in [-0.3, -0.25) is 10.1 Å². The molecule has 1 aromatic carbocycles. The minimum Gasteiger partial charge on any atom is -0.482 e. The summed E-state index contributed by atoms with van der Waals surface area (Å²) < 4.78 is 9.88. The molecule has 1 rings (SSSR count). The van der Waals surface area contributed by atoms with E-state index in [1.54, 1.807) is 6.92 Å². The van der Waals surface area contributed by atoms with Crippen molar-refractivity contribution in [1.82, 2.24) is 0 Å². The van der Waals surface area contributed by atoms with E-state index in [9.17, 15) is 20.0 Å². The van der Waals surface area contributed by atoms with E-state index in [1.807, 2.05) is 0 Å². The molecule has 0 saturated heterocycles. The maximum Gasteiger partial charge on any atom is 0.344 e. The molecule has 0 amide bonds. The van der Waals surface area contributed by atoms with Crippen molar-refractivity contribution in [3.63, 3.8) is 0 Å². The second-order valence-corrected chi connectivity index (χ2v) is 3.75. The third kappa shape index (κ3) is 4.22. The molecule has 0 fully saturated rings. The number of hydrogen-bond acceptors (Lipinski definition) is 6. The van der Waals surface area contributed by atoms with Crippen LogP contribution in [0.5, 0.6) is 5.75 Å². The Morgan fingerprint density at radius 2 is 2.21 bits per heavy atom. The number of hydrogen-bond donors (Lipinski definition) is 1. The zero-order valence-corrected chi connectivity index (χ0v) is 10.7. The average molecular weight is 269 g/mol. The molecule has 0 aliphatic rings. The topological polar surface area (TPSA) is 98.9 Å². The molecule has 7 heteroatoms. The Labute approximate surface area is 109 Å². The molecule has 0 unspecified atom stereocenters. The summed E-state index contributed by atoms with van der Waals surface area (Å²) in [4.78, 5) is 21.2. The highest BCUT2D eigenvalue weighted by Gasteiger charge is 2.16. The Morgan fingerprint density at radius 3 is 2.74 bits per heavy atom. The first-order valence-corrected chi connectivity index (χ1v) is 5.70. The summed E-state index contributed by atoms with van der Waals surface area (Å²) >= 11 is 0. The Hall–Kier alpha value is -2.15. The molecule has 0 radical (unpaired) electrons. The predicted octanol–water partition coefficient (Wildman–Crippen LogP) is 1.59. The first kappa shape index (κ1) is 14.9. The minimum absolute atomic E-state index is 0.153. The Morgan fingerprint density at radius 1 is 1.53 bits per heavy atom. The van der Waals surface area contributed by atoms with Crippen LogP contribution in [-0.2, 0) is 9.53 Å². The van der Waals surface area contributed by atoms with Gasteiger partial charge in [0, 0.05) is 17.7 Å². The van der Waals surface area contributed by atoms with Crippen molar-refractivity contribution in [2.45, 2.75) is 20.0 Å². The quantitative estimate of drug-likeness (QED) is 0.478. The first-order valence-electron chi connectivity index (χ1n) is 5.70. The van der Waals surface area contributed by atoms with Crippen LogP contribution in [0.25, 0.3) is 0 Å². The monoisotopic (exact) mass is 269 g/mol. The Balaban J connectivity index is 2.88. The lowest BCUT2D eigenvalue weighted by Gasteiger charge is -2.12. The third-order valence-corrected chi connectivity index (χ3v) is 2.31. The van der Waals surface area contributed by atoms with Gasteiger partial charge in [0.15, 0.2) is 6.61 Å². The van der Waals surface area contributed by atoms with Gasteiger partial charge in [0.05, 0.1) is 17.6 Å². The number of esters is 1. The van der Waals surface area contributed by atoms with E-state index < -0.39 is 17.0 Å². The van der Waals surface area contributed by atoms with Gasteiger partial charge in [-0.15, -0.1) is 0 Å². The van der Waals surface area contributed by atoms with Crippen LogP contribution in [0.4, 0.5) is 5.69 Å². The summed E-state index contributed by atoms with van der Waals surface area (Å²) in [6.45, 7) is 3.05. The second kappa shape index (κ2) is 6.69. The van der Waals surface area contributed by atoms with Crippen LogP contribution in [0, 0.1) is 10.1 Å². The number of non-ortho nitro benzene ring substituents is 1. The van der Waals surface area contributed by atoms with Crippen LogP contribution >= 0.6 is 0 Å². The molecule has 0 aromatic heterocycles. The lowest BCUT2D eigenvalue weighted by atomic mass is 10.1. The zero-order chi connectivity index (χ0) is 14.4. The number of carbonyl (C=O) groups excluding carboxylic acids is 1. The lowest BCUT2D eigenvalue weighted by molar-refractivity contribution is -0.385. The number of rotatable bonds is 6. The van der Waals surface area contributed by atoms with E-state index in [-0.39, 0.29) is 30.2 Å². The summed E-state index contributed by atoms with van der Waals surface area (Å²) in [5, 5.41) is 20.2. The molecule has 0 spiro atoms. The molecule has 7 nitrogen and oxygen atoms in total. The van der Waals surface area contributed by atoms with Crippen LogP contribution in [0.15, 0.2) is 18.2 Å². The highest BCUT2D eigenvalue weighted by molar-refractivity contribution is 5.71. The van der Waals surface area contributed by atoms with E-state index in [1.165, 1.54) is 25.1 Å². The van der Waals surface area contributed by atoms with Crippen molar-refractivity contribution < 1.29 is 24.3 Å². The van der Waals surface area contributed by atoms with Crippen molar-refractivity contribution in [1.29, 1.82) is 0 Å². The van der Waals surface area contributed by atoms with Crippen molar-refractivity contribution in [2.24, 2.45) is 0 Å². The Kier molecular flexibility index (Phi) is 5.25. The van der Waals surface area contributed by atoms with Gasteiger partial charge in [0.1, 0.15) is 5.75 Å². The fourth-order valence-electron chi connectivity index (χ4n) is 1.45. The predicted molar refractivity (Wildman–Crippen MR) is 65.9 cm³/mol. The van der Waals surface area contributed by atoms with E-state index in [0.717, 1.165) is 0 Å². The smallest absolute Gasteiger partial charge is 0.344 e. The van der Waals surface area contributed by atoms with Crippen molar-refractivity contribution in [3.05, 3.63) is 33.9 Å². The summed E-state index contributed by atoms with van der Waals surface area (Å²) in [6, 6.07) is 3.80. The van der Waals surface area contributed by atoms with E-state index in [4.69, 9.17) is 9.47 Å². The van der Waals surface area contributed by atoms with Gasteiger partial charge in [0.2, 0.25) is 0 Å². The van der Waals surface area contributed by atoms with Crippen LogP contribution in [0.3, 0.4) is 0 Å². The molecule has 1 aromatic rings. The molecule has 0 saturated carbocycles. The van der Waals surface area contributed by atoms with Gasteiger partial charge in [0.25, 0.3) is 5.69 Å². The average Bonchev–Trinajstić information content (AvgIpc) is 2.36. The van der Waals surface area contributed by atoms with Gasteiger partial charge in [-0.05, 0) is 19.9 Å². The second-order valence-electron chi connectivity index (χ2n) is 3.75. The lowest BCUT2D eigenvalue weighted by Crippen LogP contribution is -2.15. The summed E-state index contributed by atoms with van der Waals surface area (Å²) in [6.07, 6.45) is -0.947. The van der Waals surface area contributed by atoms with Crippen LogP contribution in [0.1, 0.15) is 25.5 Å². The number of nitrogens with zero attached hydrogens (tertiary/aromatic N) is 1. The molecule has 1 N–H and O–H groups in total. The summed E-state index contributed by atoms with van der Waals surface area (Å²) in [5.74, 6) is -0.328. The number of aliphatic hydroxyl groups is 1. The van der Waals surface area contributed by atoms with Gasteiger partial charge >= 0.3 is 5.97 Å². The molecule has 104 valence electrons. The largest absolute Gasteiger partial charge is 0.482 e. The van der Waals surface area contributed by atoms with Gasteiger partial charge in [-0.2, -0.15) is 0 Å². The van der Waals surface area contributed by atoms with Crippen molar-refractivity contribution >= 4 is 11.7 Å². The normalized spacial score (nSPS) is 11.7. The molecule has 0 aliphatic carbocycles. The first-order chi connectivity index (χ1) is 8.95. The van der Waals surface area contributed by atoms with Gasteiger partial charge < -0.3 is 14.6 Å². The van der Waals surface area contributed by atoms with Crippen LogP contribution < -0.4 is 4.74 Å². The molecule has 0 bridgehead atoms. The summed E-state index contributed by atoms with van der Waals surface area (Å²) in [5.41, 5.74) is 0.0953. The minimum atomic E-state index is -0.947. The number of aliphatic hydroxyl groups excluding tert-OH is 1. The van der Waals surface area contributed by atoms with E-state index >= 15 is 0 Å². The van der Waals surface area contributed by atoms with Gasteiger partial charge in [-0.25, -0.2) is 4.79 Å². The number of carbonyl (C=O) groups is 1. The molecule has 1 atom stereocenters. The van der Waals surface area contributed by atoms with E-state index in [2.05, 4.69) is 0 Å². The SMILES string of the molecule is CCOC(=O)COc1ccc([N+](=O)[O-])cc1[C@@H](C)O. The van der Waals surface area contributed by atoms with Crippen molar-refractivity contribution in [2.75, 3.05) is 13.2 Å². The number of benzene rings is 1. The van der Waals surface area contributed by atoms with Crippen molar-refractivity contribution in [3.8, 4) is 5.75 Å². The number of nitro benzene ring substituents is 1. The standard InChI is InChI=1S/C12H15NO6/c1-3-18-12(15)7-19-11-5-4-9(13(16)17)6-10(11)8(2)14/h4-6,8,14H,3,7H2,1-2H3/t8-/m1/s1. The zero-order valence-electron chi connectivity index (χ0n) is 10.7. The fraction of sp³-hybridized carbons (Fsp3) is 0.417. The van der Waals surface area contributed by atoms with Crippen LogP contribution in [-0.4, -0.2) is 29.2 Å². The Bertz CT molecular complexity index is 471. The number of ether oxygens (including phenoxy) is 2. The highest BCUT2D eigenvalue weighted by Crippen LogP contribution is 2.29. The number of nitro groups is 1. The van der Waals surface area contributed by atoms with E-state index in [0.29, 0.717) is 0 Å². The van der Waals surface area contributed by atoms with Crippen LogP contribution in [0.2, 0.25) is 0 Å². The molecular weight excluding hydrogens is 254 g/mol. The molecule has 0 aliphatic heterocycles. The fourth-order valence-corrected chi connectivity index (χ4v) is 1.45. The maximum absolute atomic E-state index is 11.2. The summed E-state index contributed by atoms with van der Waals surface area (Å²) in [7, 11) is 0. The third-order valence-electron chi connectivity index (χ3n) is 2.31. The highest BCUT2D eigenvalue weighted by atomic mass is 16.6. The molecule has 0 heterocycles. The molecule has 19 heavy (non-hydrogen) atoms. The molecular formula is C12H15NO6.